The Morgan fingerprint density at radius 3 is 2.36 bits per heavy atom. The molecule has 0 atom stereocenters. The molecule has 0 N–H and O–H groups in total. The largest absolute Gasteiger partial charge is 0.497 e. The van der Waals surface area contributed by atoms with Crippen LogP contribution in [0.1, 0.15) is 31.7 Å². The zero-order chi connectivity index (χ0) is 15.9. The minimum absolute atomic E-state index is 0.00922. The number of hydrogen-bond acceptors (Lipinski definition) is 3. The molecular formula is C17H24N2O3. The first kappa shape index (κ1) is 16.3. The molecular weight excluding hydrogens is 280 g/mol. The van der Waals surface area contributed by atoms with Crippen molar-refractivity contribution in [2.24, 2.45) is 0 Å². The summed E-state index contributed by atoms with van der Waals surface area (Å²) in [5, 5.41) is 0. The summed E-state index contributed by atoms with van der Waals surface area (Å²) in [6.45, 7) is 4.25. The van der Waals surface area contributed by atoms with Crippen molar-refractivity contribution in [3.05, 3.63) is 29.8 Å². The second-order valence-electron chi connectivity index (χ2n) is 5.63. The van der Waals surface area contributed by atoms with Crippen molar-refractivity contribution in [1.29, 1.82) is 0 Å². The maximum Gasteiger partial charge on any atom is 0.224 e. The number of methoxy groups -OCH3 is 1. The lowest BCUT2D eigenvalue weighted by Crippen LogP contribution is -2.34. The molecule has 0 spiro atoms. The van der Waals surface area contributed by atoms with E-state index in [1.54, 1.807) is 18.9 Å². The maximum absolute atomic E-state index is 12.1. The summed E-state index contributed by atoms with van der Waals surface area (Å²) in [7, 11) is 1.63. The lowest BCUT2D eigenvalue weighted by Gasteiger charge is -2.23. The van der Waals surface area contributed by atoms with Crippen molar-refractivity contribution in [3.63, 3.8) is 0 Å². The summed E-state index contributed by atoms with van der Waals surface area (Å²) in [4.78, 5) is 27.5. The van der Waals surface area contributed by atoms with Gasteiger partial charge in [-0.05, 0) is 30.5 Å². The first-order chi connectivity index (χ1) is 10.6. The van der Waals surface area contributed by atoms with Crippen LogP contribution in [0.3, 0.4) is 0 Å². The molecule has 5 heteroatoms. The molecule has 120 valence electrons. The Balaban J connectivity index is 1.88. The Hall–Kier alpha value is -2.04. The van der Waals surface area contributed by atoms with Gasteiger partial charge in [-0.2, -0.15) is 0 Å². The van der Waals surface area contributed by atoms with Gasteiger partial charge in [0.25, 0.3) is 0 Å². The van der Waals surface area contributed by atoms with Gasteiger partial charge >= 0.3 is 0 Å². The predicted molar refractivity (Wildman–Crippen MR) is 84.5 cm³/mol. The zero-order valence-corrected chi connectivity index (χ0v) is 13.4. The molecule has 0 aliphatic carbocycles. The summed E-state index contributed by atoms with van der Waals surface area (Å²) in [6.07, 6.45) is 2.58. The predicted octanol–water partition coefficient (Wildman–Crippen LogP) is 2.06. The van der Waals surface area contributed by atoms with Gasteiger partial charge in [0.2, 0.25) is 11.8 Å². The summed E-state index contributed by atoms with van der Waals surface area (Å²) in [6, 6.07) is 7.64. The van der Waals surface area contributed by atoms with Gasteiger partial charge in [-0.3, -0.25) is 9.59 Å². The van der Waals surface area contributed by atoms with Gasteiger partial charge in [0, 0.05) is 39.5 Å². The lowest BCUT2D eigenvalue weighted by molar-refractivity contribution is -0.133. The minimum Gasteiger partial charge on any atom is -0.497 e. The van der Waals surface area contributed by atoms with Gasteiger partial charge in [0.1, 0.15) is 5.75 Å². The second-order valence-corrected chi connectivity index (χ2v) is 5.63. The lowest BCUT2D eigenvalue weighted by atomic mass is 10.2. The molecule has 1 aromatic rings. The monoisotopic (exact) mass is 304 g/mol. The van der Waals surface area contributed by atoms with Crippen LogP contribution < -0.4 is 4.74 Å². The van der Waals surface area contributed by atoms with Crippen molar-refractivity contribution in [2.45, 2.75) is 32.7 Å². The molecule has 1 saturated heterocycles. The normalized spacial score (nSPS) is 14.0. The fraction of sp³-hybridized carbons (Fsp3) is 0.529. The average Bonchev–Trinajstić information content (AvgIpc) is 3.06. The number of hydrogen-bond donors (Lipinski definition) is 0. The molecule has 2 rings (SSSR count). The zero-order valence-electron chi connectivity index (χ0n) is 13.4. The van der Waals surface area contributed by atoms with Gasteiger partial charge in [0.15, 0.2) is 0 Å². The molecule has 1 aromatic carbocycles. The number of benzene rings is 1. The van der Waals surface area contributed by atoms with Crippen molar-refractivity contribution in [3.8, 4) is 5.75 Å². The fourth-order valence-electron chi connectivity index (χ4n) is 2.65. The van der Waals surface area contributed by atoms with Crippen LogP contribution in [0.5, 0.6) is 5.75 Å². The van der Waals surface area contributed by atoms with E-state index >= 15 is 0 Å². The van der Waals surface area contributed by atoms with Gasteiger partial charge < -0.3 is 14.5 Å². The summed E-state index contributed by atoms with van der Waals surface area (Å²) < 4.78 is 5.13. The number of carbonyl (C=O) groups excluding carboxylic acids is 2. The van der Waals surface area contributed by atoms with Gasteiger partial charge in [-0.15, -0.1) is 0 Å². The highest BCUT2D eigenvalue weighted by Gasteiger charge is 2.19. The molecule has 1 aliphatic heterocycles. The fourth-order valence-corrected chi connectivity index (χ4v) is 2.65. The van der Waals surface area contributed by atoms with E-state index in [0.29, 0.717) is 19.5 Å². The van der Waals surface area contributed by atoms with E-state index in [9.17, 15) is 9.59 Å². The van der Waals surface area contributed by atoms with Crippen molar-refractivity contribution in [1.82, 2.24) is 9.80 Å². The highest BCUT2D eigenvalue weighted by Crippen LogP contribution is 2.14. The van der Waals surface area contributed by atoms with Crippen LogP contribution in [0.2, 0.25) is 0 Å². The van der Waals surface area contributed by atoms with Crippen LogP contribution in [-0.4, -0.2) is 48.4 Å². The first-order valence-electron chi connectivity index (χ1n) is 7.76. The van der Waals surface area contributed by atoms with Crippen LogP contribution in [-0.2, 0) is 16.1 Å². The van der Waals surface area contributed by atoms with Crippen LogP contribution in [0, 0.1) is 0 Å². The third-order valence-electron chi connectivity index (χ3n) is 4.03. The topological polar surface area (TPSA) is 49.9 Å². The second kappa shape index (κ2) is 7.82. The highest BCUT2D eigenvalue weighted by atomic mass is 16.5. The van der Waals surface area contributed by atoms with Crippen molar-refractivity contribution >= 4 is 11.8 Å². The Kier molecular flexibility index (Phi) is 5.81. The smallest absolute Gasteiger partial charge is 0.224 e. The van der Waals surface area contributed by atoms with E-state index in [2.05, 4.69) is 0 Å². The SMILES string of the molecule is COc1ccc(CN(CCC(=O)N2CCCC2)C(C)=O)cc1. The highest BCUT2D eigenvalue weighted by molar-refractivity contribution is 5.78. The number of rotatable bonds is 6. The Morgan fingerprint density at radius 1 is 1.18 bits per heavy atom. The molecule has 0 radical (unpaired) electrons. The number of likely N-dealkylation sites (tertiary alicyclic amines) is 1. The van der Waals surface area contributed by atoms with Crippen LogP contribution in [0.15, 0.2) is 24.3 Å². The first-order valence-corrected chi connectivity index (χ1v) is 7.76. The molecule has 0 saturated carbocycles. The van der Waals surface area contributed by atoms with Gasteiger partial charge in [-0.25, -0.2) is 0 Å². The average molecular weight is 304 g/mol. The molecule has 1 heterocycles. The van der Waals surface area contributed by atoms with Gasteiger partial charge in [0.05, 0.1) is 7.11 Å². The van der Waals surface area contributed by atoms with E-state index in [1.807, 2.05) is 29.2 Å². The van der Waals surface area contributed by atoms with Gasteiger partial charge in [-0.1, -0.05) is 12.1 Å². The third-order valence-corrected chi connectivity index (χ3v) is 4.03. The van der Waals surface area contributed by atoms with Crippen LogP contribution >= 0.6 is 0 Å². The molecule has 1 fully saturated rings. The Morgan fingerprint density at radius 2 is 1.82 bits per heavy atom. The number of carbonyl (C=O) groups is 2. The molecule has 22 heavy (non-hydrogen) atoms. The Bertz CT molecular complexity index is 507. The number of amides is 2. The standard InChI is InChI=1S/C17H24N2O3/c1-14(20)19(12-9-17(21)18-10-3-4-11-18)13-15-5-7-16(22-2)8-6-15/h5-8H,3-4,9-13H2,1-2H3. The molecule has 0 unspecified atom stereocenters. The number of nitrogens with zero attached hydrogens (tertiary/aromatic N) is 2. The summed E-state index contributed by atoms with van der Waals surface area (Å²) in [5.74, 6) is 0.936. The van der Waals surface area contributed by atoms with E-state index in [1.165, 1.54) is 0 Å². The van der Waals surface area contributed by atoms with Crippen LogP contribution in [0.25, 0.3) is 0 Å². The third kappa shape index (κ3) is 4.48. The number of ether oxygens (including phenoxy) is 1. The summed E-state index contributed by atoms with van der Waals surface area (Å²) >= 11 is 0. The molecule has 0 bridgehead atoms. The van der Waals surface area contributed by atoms with Crippen molar-refractivity contribution < 1.29 is 14.3 Å². The quantitative estimate of drug-likeness (QED) is 0.808. The van der Waals surface area contributed by atoms with Crippen molar-refractivity contribution in [2.75, 3.05) is 26.7 Å². The van der Waals surface area contributed by atoms with E-state index in [-0.39, 0.29) is 11.8 Å². The summed E-state index contributed by atoms with van der Waals surface area (Å²) in [5.41, 5.74) is 1.03. The molecule has 2 amide bonds. The van der Waals surface area contributed by atoms with E-state index < -0.39 is 0 Å². The Labute approximate surface area is 131 Å². The van der Waals surface area contributed by atoms with Crippen LogP contribution in [0.4, 0.5) is 0 Å². The molecule has 1 aliphatic rings. The van der Waals surface area contributed by atoms with E-state index in [0.717, 1.165) is 37.2 Å². The maximum atomic E-state index is 12.1. The molecule has 0 aromatic heterocycles. The van der Waals surface area contributed by atoms with E-state index in [4.69, 9.17) is 4.74 Å². The minimum atomic E-state index is -0.00922. The molecule has 5 nitrogen and oxygen atoms in total.